The number of rotatable bonds is 3. The molecule has 0 aromatic heterocycles. The fourth-order valence-corrected chi connectivity index (χ4v) is 2.28. The maximum atomic E-state index is 14.0. The van der Waals surface area contributed by atoms with E-state index in [0.717, 1.165) is 6.07 Å². The van der Waals surface area contributed by atoms with Gasteiger partial charge in [-0.3, -0.25) is 0 Å². The Kier molecular flexibility index (Phi) is 3.88. The van der Waals surface area contributed by atoms with Crippen LogP contribution in [-0.4, -0.2) is 5.11 Å². The van der Waals surface area contributed by atoms with Gasteiger partial charge in [0.15, 0.2) is 0 Å². The molecular formula is C15H13ClF2O. The van der Waals surface area contributed by atoms with Crippen molar-refractivity contribution in [3.05, 3.63) is 70.2 Å². The molecule has 4 heteroatoms. The molecule has 0 heterocycles. The zero-order chi connectivity index (χ0) is 14.0. The maximum absolute atomic E-state index is 14.0. The minimum Gasteiger partial charge on any atom is -0.380 e. The second-order valence-electron chi connectivity index (χ2n) is 4.35. The van der Waals surface area contributed by atoms with Gasteiger partial charge in [-0.05, 0) is 36.2 Å². The summed E-state index contributed by atoms with van der Waals surface area (Å²) in [7, 11) is 0. The highest BCUT2D eigenvalue weighted by Gasteiger charge is 2.32. The van der Waals surface area contributed by atoms with E-state index < -0.39 is 17.2 Å². The third-order valence-corrected chi connectivity index (χ3v) is 3.43. The molecule has 0 amide bonds. The molecular weight excluding hydrogens is 270 g/mol. The van der Waals surface area contributed by atoms with Gasteiger partial charge in [0, 0.05) is 10.6 Å². The summed E-state index contributed by atoms with van der Waals surface area (Å²) in [6.45, 7) is 1.71. The highest BCUT2D eigenvalue weighted by Crippen LogP contribution is 2.35. The van der Waals surface area contributed by atoms with Crippen molar-refractivity contribution in [3.8, 4) is 0 Å². The van der Waals surface area contributed by atoms with Crippen molar-refractivity contribution in [2.45, 2.75) is 18.9 Å². The number of hydrogen-bond acceptors (Lipinski definition) is 1. The molecule has 0 aliphatic carbocycles. The van der Waals surface area contributed by atoms with Gasteiger partial charge < -0.3 is 5.11 Å². The van der Waals surface area contributed by atoms with Crippen molar-refractivity contribution < 1.29 is 13.9 Å². The Bertz CT molecular complexity index is 600. The Labute approximate surface area is 115 Å². The molecule has 19 heavy (non-hydrogen) atoms. The van der Waals surface area contributed by atoms with E-state index in [1.54, 1.807) is 13.0 Å². The van der Waals surface area contributed by atoms with Gasteiger partial charge in [0.05, 0.1) is 0 Å². The van der Waals surface area contributed by atoms with Gasteiger partial charge in [-0.2, -0.15) is 0 Å². The van der Waals surface area contributed by atoms with Crippen LogP contribution < -0.4 is 0 Å². The highest BCUT2D eigenvalue weighted by molar-refractivity contribution is 6.30. The highest BCUT2D eigenvalue weighted by atomic mass is 35.5. The Hall–Kier alpha value is -1.45. The quantitative estimate of drug-likeness (QED) is 0.891. The molecule has 0 saturated heterocycles. The lowest BCUT2D eigenvalue weighted by molar-refractivity contribution is 0.0722. The summed E-state index contributed by atoms with van der Waals surface area (Å²) in [5.41, 5.74) is -1.17. The molecule has 0 radical (unpaired) electrons. The summed E-state index contributed by atoms with van der Waals surface area (Å²) in [6, 6.07) is 9.60. The Morgan fingerprint density at radius 1 is 1.16 bits per heavy atom. The summed E-state index contributed by atoms with van der Waals surface area (Å²) in [5, 5.41) is 11.0. The number of benzene rings is 2. The van der Waals surface area contributed by atoms with Crippen molar-refractivity contribution in [2.24, 2.45) is 0 Å². The molecule has 1 unspecified atom stereocenters. The number of hydrogen-bond donors (Lipinski definition) is 1. The third-order valence-electron chi connectivity index (χ3n) is 3.19. The van der Waals surface area contributed by atoms with Crippen molar-refractivity contribution >= 4 is 11.6 Å². The average Bonchev–Trinajstić information content (AvgIpc) is 2.38. The van der Waals surface area contributed by atoms with Crippen LogP contribution >= 0.6 is 11.6 Å². The Morgan fingerprint density at radius 2 is 1.89 bits per heavy atom. The van der Waals surface area contributed by atoms with E-state index in [1.807, 2.05) is 0 Å². The second kappa shape index (κ2) is 5.27. The third kappa shape index (κ3) is 2.62. The van der Waals surface area contributed by atoms with Crippen LogP contribution in [0.2, 0.25) is 5.02 Å². The largest absolute Gasteiger partial charge is 0.380 e. The van der Waals surface area contributed by atoms with E-state index in [9.17, 15) is 13.9 Å². The fourth-order valence-electron chi connectivity index (χ4n) is 2.12. The normalized spacial score (nSPS) is 14.2. The zero-order valence-electron chi connectivity index (χ0n) is 10.3. The minimum atomic E-state index is -1.57. The first kappa shape index (κ1) is 14.0. The van der Waals surface area contributed by atoms with E-state index in [4.69, 9.17) is 11.6 Å². The Balaban J connectivity index is 2.59. The van der Waals surface area contributed by atoms with Gasteiger partial charge in [0.25, 0.3) is 0 Å². The number of halogens is 3. The summed E-state index contributed by atoms with van der Waals surface area (Å²) in [6.07, 6.45) is 0.217. The van der Waals surface area contributed by atoms with Crippen molar-refractivity contribution in [1.29, 1.82) is 0 Å². The number of aliphatic hydroxyl groups is 1. The Morgan fingerprint density at radius 3 is 2.47 bits per heavy atom. The first-order valence-corrected chi connectivity index (χ1v) is 6.29. The second-order valence-corrected chi connectivity index (χ2v) is 4.78. The monoisotopic (exact) mass is 282 g/mol. The molecule has 1 N–H and O–H groups in total. The van der Waals surface area contributed by atoms with Crippen molar-refractivity contribution in [3.63, 3.8) is 0 Å². The molecule has 1 nitrogen and oxygen atoms in total. The van der Waals surface area contributed by atoms with Crippen LogP contribution in [0, 0.1) is 11.6 Å². The molecule has 0 aliphatic rings. The first-order chi connectivity index (χ1) is 8.97. The van der Waals surface area contributed by atoms with Crippen molar-refractivity contribution in [1.82, 2.24) is 0 Å². The molecule has 0 saturated carbocycles. The van der Waals surface area contributed by atoms with E-state index >= 15 is 0 Å². The maximum Gasteiger partial charge on any atom is 0.131 e. The molecule has 2 rings (SSSR count). The molecule has 1 atom stereocenters. The summed E-state index contributed by atoms with van der Waals surface area (Å²) >= 11 is 5.70. The van der Waals surface area contributed by atoms with Crippen LogP contribution in [0.15, 0.2) is 42.5 Å². The molecule has 0 spiro atoms. The van der Waals surface area contributed by atoms with E-state index in [-0.39, 0.29) is 17.0 Å². The minimum absolute atomic E-state index is 0.0880. The van der Waals surface area contributed by atoms with Crippen LogP contribution in [-0.2, 0) is 5.60 Å². The van der Waals surface area contributed by atoms with Gasteiger partial charge in [0.1, 0.15) is 17.2 Å². The van der Waals surface area contributed by atoms with E-state index in [1.165, 1.54) is 30.3 Å². The van der Waals surface area contributed by atoms with Crippen LogP contribution in [0.25, 0.3) is 0 Å². The summed E-state index contributed by atoms with van der Waals surface area (Å²) in [5.74, 6) is -1.08. The van der Waals surface area contributed by atoms with Gasteiger partial charge in [-0.1, -0.05) is 36.7 Å². The predicted octanol–water partition coefficient (Wildman–Crippen LogP) is 4.26. The summed E-state index contributed by atoms with van der Waals surface area (Å²) in [4.78, 5) is 0. The zero-order valence-corrected chi connectivity index (χ0v) is 11.1. The van der Waals surface area contributed by atoms with Crippen LogP contribution in [0.5, 0.6) is 0 Å². The SMILES string of the molecule is CCC(O)(c1cccc(F)c1)c1ccc(Cl)cc1F. The smallest absolute Gasteiger partial charge is 0.131 e. The molecule has 2 aromatic carbocycles. The summed E-state index contributed by atoms with van der Waals surface area (Å²) < 4.78 is 27.3. The standard InChI is InChI=1S/C15H13ClF2O/c1-2-15(19,10-4-3-5-12(17)8-10)13-7-6-11(16)9-14(13)18/h3-9,19H,2H2,1H3. The van der Waals surface area contributed by atoms with Gasteiger partial charge >= 0.3 is 0 Å². The van der Waals surface area contributed by atoms with Crippen LogP contribution in [0.1, 0.15) is 24.5 Å². The lowest BCUT2D eigenvalue weighted by atomic mass is 9.84. The van der Waals surface area contributed by atoms with Gasteiger partial charge in [-0.15, -0.1) is 0 Å². The molecule has 0 bridgehead atoms. The first-order valence-electron chi connectivity index (χ1n) is 5.91. The molecule has 0 aliphatic heterocycles. The van der Waals surface area contributed by atoms with Crippen LogP contribution in [0.3, 0.4) is 0 Å². The fraction of sp³-hybridized carbons (Fsp3) is 0.200. The average molecular weight is 283 g/mol. The predicted molar refractivity (Wildman–Crippen MR) is 71.1 cm³/mol. The van der Waals surface area contributed by atoms with E-state index in [0.29, 0.717) is 5.56 Å². The molecule has 100 valence electrons. The lowest BCUT2D eigenvalue weighted by Gasteiger charge is -2.28. The topological polar surface area (TPSA) is 20.2 Å². The van der Waals surface area contributed by atoms with Gasteiger partial charge in [0.2, 0.25) is 0 Å². The molecule has 2 aromatic rings. The van der Waals surface area contributed by atoms with Gasteiger partial charge in [-0.25, -0.2) is 8.78 Å². The lowest BCUT2D eigenvalue weighted by Crippen LogP contribution is -2.27. The van der Waals surface area contributed by atoms with Crippen LogP contribution in [0.4, 0.5) is 8.78 Å². The van der Waals surface area contributed by atoms with E-state index in [2.05, 4.69) is 0 Å². The van der Waals surface area contributed by atoms with Crippen molar-refractivity contribution in [2.75, 3.05) is 0 Å². The molecule has 0 fully saturated rings.